The van der Waals surface area contributed by atoms with E-state index in [0.29, 0.717) is 5.56 Å². The Morgan fingerprint density at radius 3 is 2.38 bits per heavy atom. The molecule has 0 bridgehead atoms. The number of hydrogen-bond donors (Lipinski definition) is 1. The van der Waals surface area contributed by atoms with Gasteiger partial charge in [-0.15, -0.1) is 13.2 Å². The molecule has 0 aliphatic rings. The Labute approximate surface area is 124 Å². The van der Waals surface area contributed by atoms with Gasteiger partial charge >= 0.3 is 12.1 Å². The minimum Gasteiger partial charge on any atom is -0.406 e. The molecule has 0 amide bonds. The van der Waals surface area contributed by atoms with Gasteiger partial charge in [0.05, 0.1) is 11.0 Å². The lowest BCUT2D eigenvalue weighted by Crippen LogP contribution is -2.30. The molecule has 0 spiro atoms. The van der Waals surface area contributed by atoms with Crippen molar-refractivity contribution >= 4 is 15.9 Å². The van der Waals surface area contributed by atoms with E-state index in [4.69, 9.17) is 0 Å². The van der Waals surface area contributed by atoms with E-state index in [9.17, 15) is 22.8 Å². The molecule has 0 saturated heterocycles. The third kappa shape index (κ3) is 4.22. The number of rotatable bonds is 3. The maximum absolute atomic E-state index is 12.0. The highest BCUT2D eigenvalue weighted by atomic mass is 79.9. The highest BCUT2D eigenvalue weighted by Gasteiger charge is 2.30. The molecule has 112 valence electrons. The summed E-state index contributed by atoms with van der Waals surface area (Å²) in [4.78, 5) is 24.8. The second kappa shape index (κ2) is 5.76. The lowest BCUT2D eigenvalue weighted by Gasteiger charge is -2.10. The summed E-state index contributed by atoms with van der Waals surface area (Å²) in [7, 11) is 0. The Morgan fingerprint density at radius 1 is 1.19 bits per heavy atom. The minimum absolute atomic E-state index is 0.0977. The summed E-state index contributed by atoms with van der Waals surface area (Å²) >= 11 is 2.99. The molecular formula is C12H8BrF3N2O3. The summed E-state index contributed by atoms with van der Waals surface area (Å²) in [5.74, 6) is -0.346. The normalized spacial score (nSPS) is 11.4. The van der Waals surface area contributed by atoms with Gasteiger partial charge in [0.25, 0.3) is 5.56 Å². The standard InChI is InChI=1S/C12H8BrF3N2O3/c13-9-6-18(11(20)17-10(9)19)5-7-1-3-8(4-2-7)21-12(14,15)16/h1-4,6H,5H2,(H,17,19,20). The van der Waals surface area contributed by atoms with Gasteiger partial charge in [0, 0.05) is 6.20 Å². The second-order valence-corrected chi connectivity index (χ2v) is 4.91. The number of aromatic amines is 1. The predicted octanol–water partition coefficient (Wildman–Crippen LogP) is 2.25. The van der Waals surface area contributed by atoms with E-state index in [2.05, 4.69) is 25.7 Å². The average molecular weight is 365 g/mol. The Bertz CT molecular complexity index is 750. The average Bonchev–Trinajstić information content (AvgIpc) is 2.36. The van der Waals surface area contributed by atoms with Crippen molar-refractivity contribution in [3.8, 4) is 5.75 Å². The molecule has 0 fully saturated rings. The molecule has 0 unspecified atom stereocenters. The first-order chi connectivity index (χ1) is 9.74. The van der Waals surface area contributed by atoms with Crippen LogP contribution in [0.5, 0.6) is 5.75 Å². The first-order valence-corrected chi connectivity index (χ1v) is 6.38. The van der Waals surface area contributed by atoms with Gasteiger partial charge in [-0.05, 0) is 33.6 Å². The number of hydrogen-bond acceptors (Lipinski definition) is 3. The molecule has 0 radical (unpaired) electrons. The molecule has 0 saturated carbocycles. The van der Waals surface area contributed by atoms with Crippen LogP contribution in [-0.4, -0.2) is 15.9 Å². The largest absolute Gasteiger partial charge is 0.573 e. The van der Waals surface area contributed by atoms with E-state index in [1.54, 1.807) is 0 Å². The molecule has 21 heavy (non-hydrogen) atoms. The minimum atomic E-state index is -4.75. The molecule has 2 aromatic rings. The Kier molecular flexibility index (Phi) is 4.21. The van der Waals surface area contributed by atoms with E-state index in [0.717, 1.165) is 12.1 Å². The number of nitrogens with zero attached hydrogens (tertiary/aromatic N) is 1. The van der Waals surface area contributed by atoms with Gasteiger partial charge in [0.15, 0.2) is 0 Å². The van der Waals surface area contributed by atoms with Crippen LogP contribution in [0.4, 0.5) is 13.2 Å². The van der Waals surface area contributed by atoms with E-state index in [1.165, 1.54) is 22.9 Å². The number of ether oxygens (including phenoxy) is 1. The molecule has 1 N–H and O–H groups in total. The van der Waals surface area contributed by atoms with E-state index in [-0.39, 0.29) is 16.8 Å². The summed E-state index contributed by atoms with van der Waals surface area (Å²) in [6, 6.07) is 5.09. The van der Waals surface area contributed by atoms with Crippen LogP contribution in [0.15, 0.2) is 44.5 Å². The predicted molar refractivity (Wildman–Crippen MR) is 71.2 cm³/mol. The van der Waals surface area contributed by atoms with Crippen molar-refractivity contribution in [2.24, 2.45) is 0 Å². The van der Waals surface area contributed by atoms with Gasteiger partial charge in [-0.2, -0.15) is 0 Å². The Hall–Kier alpha value is -2.03. The second-order valence-electron chi connectivity index (χ2n) is 4.06. The fourth-order valence-corrected chi connectivity index (χ4v) is 1.94. The first-order valence-electron chi connectivity index (χ1n) is 5.58. The molecule has 0 atom stereocenters. The Morgan fingerprint density at radius 2 is 1.81 bits per heavy atom. The van der Waals surface area contributed by atoms with Crippen LogP contribution in [0, 0.1) is 0 Å². The third-order valence-corrected chi connectivity index (χ3v) is 3.04. The number of halogens is 4. The zero-order chi connectivity index (χ0) is 15.6. The van der Waals surface area contributed by atoms with Crippen molar-refractivity contribution in [2.45, 2.75) is 12.9 Å². The van der Waals surface area contributed by atoms with E-state index < -0.39 is 17.6 Å². The molecule has 5 nitrogen and oxygen atoms in total. The lowest BCUT2D eigenvalue weighted by molar-refractivity contribution is -0.274. The molecule has 1 heterocycles. The van der Waals surface area contributed by atoms with Crippen molar-refractivity contribution < 1.29 is 17.9 Å². The molecule has 9 heteroatoms. The maximum Gasteiger partial charge on any atom is 0.573 e. The van der Waals surface area contributed by atoms with E-state index >= 15 is 0 Å². The first kappa shape index (κ1) is 15.4. The van der Waals surface area contributed by atoms with Crippen LogP contribution >= 0.6 is 15.9 Å². The van der Waals surface area contributed by atoms with Crippen LogP contribution in [0.3, 0.4) is 0 Å². The topological polar surface area (TPSA) is 64.1 Å². The fourth-order valence-electron chi connectivity index (χ4n) is 1.59. The third-order valence-electron chi connectivity index (χ3n) is 2.48. The fraction of sp³-hybridized carbons (Fsp3) is 0.167. The lowest BCUT2D eigenvalue weighted by atomic mass is 10.2. The van der Waals surface area contributed by atoms with Gasteiger partial charge in [-0.25, -0.2) is 4.79 Å². The van der Waals surface area contributed by atoms with Gasteiger partial charge < -0.3 is 4.74 Å². The molecule has 1 aromatic carbocycles. The van der Waals surface area contributed by atoms with Crippen LogP contribution in [0.1, 0.15) is 5.56 Å². The summed E-state index contributed by atoms with van der Waals surface area (Å²) in [5.41, 5.74) is -0.588. The van der Waals surface area contributed by atoms with Crippen LogP contribution in [-0.2, 0) is 6.54 Å². The van der Waals surface area contributed by atoms with Gasteiger partial charge in [-0.1, -0.05) is 12.1 Å². The highest BCUT2D eigenvalue weighted by Crippen LogP contribution is 2.22. The SMILES string of the molecule is O=c1[nH]c(=O)n(Cc2ccc(OC(F)(F)F)cc2)cc1Br. The molecule has 0 aliphatic heterocycles. The molecule has 2 rings (SSSR count). The Balaban J connectivity index is 2.19. The van der Waals surface area contributed by atoms with Crippen LogP contribution in [0.2, 0.25) is 0 Å². The van der Waals surface area contributed by atoms with Gasteiger partial charge in [-0.3, -0.25) is 14.3 Å². The smallest absolute Gasteiger partial charge is 0.406 e. The van der Waals surface area contributed by atoms with Crippen molar-refractivity contribution in [1.29, 1.82) is 0 Å². The van der Waals surface area contributed by atoms with Crippen LogP contribution < -0.4 is 16.0 Å². The number of benzene rings is 1. The number of aromatic nitrogens is 2. The van der Waals surface area contributed by atoms with Gasteiger partial charge in [0.1, 0.15) is 5.75 Å². The van der Waals surface area contributed by atoms with Gasteiger partial charge in [0.2, 0.25) is 0 Å². The van der Waals surface area contributed by atoms with Crippen LogP contribution in [0.25, 0.3) is 0 Å². The van der Waals surface area contributed by atoms with E-state index in [1.807, 2.05) is 0 Å². The molecule has 0 aliphatic carbocycles. The highest BCUT2D eigenvalue weighted by molar-refractivity contribution is 9.10. The summed E-state index contributed by atoms with van der Waals surface area (Å²) < 4.78 is 41.2. The van der Waals surface area contributed by atoms with Crippen molar-refractivity contribution in [1.82, 2.24) is 9.55 Å². The van der Waals surface area contributed by atoms with Crippen molar-refractivity contribution in [3.05, 3.63) is 61.3 Å². The zero-order valence-corrected chi connectivity index (χ0v) is 11.9. The number of nitrogens with one attached hydrogen (secondary N) is 1. The molecule has 1 aromatic heterocycles. The number of H-pyrrole nitrogens is 1. The molecular weight excluding hydrogens is 357 g/mol. The summed E-state index contributed by atoms with van der Waals surface area (Å²) in [5, 5.41) is 0. The summed E-state index contributed by atoms with van der Waals surface area (Å²) in [6.45, 7) is 0.0977. The van der Waals surface area contributed by atoms with Crippen molar-refractivity contribution in [2.75, 3.05) is 0 Å². The number of alkyl halides is 3. The van der Waals surface area contributed by atoms with Crippen molar-refractivity contribution in [3.63, 3.8) is 0 Å². The monoisotopic (exact) mass is 364 g/mol. The maximum atomic E-state index is 12.0. The quantitative estimate of drug-likeness (QED) is 0.908. The zero-order valence-electron chi connectivity index (χ0n) is 10.3. The summed E-state index contributed by atoms with van der Waals surface area (Å²) in [6.07, 6.45) is -3.44.